The fraction of sp³-hybridized carbons (Fsp3) is 0.750. The van der Waals surface area contributed by atoms with E-state index in [0.29, 0.717) is 13.0 Å². The lowest BCUT2D eigenvalue weighted by Gasteiger charge is -2.16. The second-order valence-corrected chi connectivity index (χ2v) is 3.33. The average molecular weight is 212 g/mol. The number of aliphatic hydroxyl groups excluding tert-OH is 1. The number of hydrogen-bond donors (Lipinski definition) is 1. The van der Waals surface area contributed by atoms with Crippen LogP contribution in [0.3, 0.4) is 0 Å². The van der Waals surface area contributed by atoms with Crippen molar-refractivity contribution in [3.8, 4) is 11.8 Å². The first-order valence-corrected chi connectivity index (χ1v) is 5.44. The Bertz CT molecular complexity index is 237. The van der Waals surface area contributed by atoms with E-state index in [1.54, 1.807) is 13.8 Å². The maximum atomic E-state index is 11.5. The number of hydrogen-bond acceptors (Lipinski definition) is 3. The molecule has 3 heteroatoms. The quantitative estimate of drug-likeness (QED) is 0.539. The Morgan fingerprint density at radius 3 is 2.60 bits per heavy atom. The highest BCUT2D eigenvalue weighted by Crippen LogP contribution is 2.12. The molecule has 0 aromatic heterocycles. The van der Waals surface area contributed by atoms with Crippen LogP contribution in [0.25, 0.3) is 0 Å². The van der Waals surface area contributed by atoms with Crippen molar-refractivity contribution in [2.75, 3.05) is 6.61 Å². The Labute approximate surface area is 91.8 Å². The molecule has 0 aliphatic heterocycles. The lowest BCUT2D eigenvalue weighted by molar-refractivity contribution is -0.149. The first-order valence-electron chi connectivity index (χ1n) is 5.44. The highest BCUT2D eigenvalue weighted by atomic mass is 16.5. The van der Waals surface area contributed by atoms with Crippen LogP contribution in [0, 0.1) is 17.8 Å². The van der Waals surface area contributed by atoms with E-state index in [9.17, 15) is 9.90 Å². The van der Waals surface area contributed by atoms with E-state index < -0.39 is 18.0 Å². The first kappa shape index (κ1) is 14.0. The molecular weight excluding hydrogens is 192 g/mol. The molecule has 0 fully saturated rings. The van der Waals surface area contributed by atoms with Gasteiger partial charge < -0.3 is 9.84 Å². The molecule has 0 saturated carbocycles. The van der Waals surface area contributed by atoms with Gasteiger partial charge in [-0.15, -0.1) is 5.92 Å². The molecule has 3 nitrogen and oxygen atoms in total. The number of esters is 1. The van der Waals surface area contributed by atoms with E-state index in [2.05, 4.69) is 11.8 Å². The van der Waals surface area contributed by atoms with Gasteiger partial charge in [0.05, 0.1) is 12.7 Å². The third-order valence-electron chi connectivity index (χ3n) is 2.08. The second kappa shape index (κ2) is 8.31. The van der Waals surface area contributed by atoms with Crippen LogP contribution in [-0.4, -0.2) is 23.8 Å². The van der Waals surface area contributed by atoms with Crippen molar-refractivity contribution in [1.82, 2.24) is 0 Å². The molecular formula is C12H20O3. The standard InChI is InChI=1S/C12H20O3/c1-4-7-9-11(13)10(8-5-2)12(14)15-6-3/h10-11,13H,4,6-7,9H2,1-3H3. The maximum Gasteiger partial charge on any atom is 0.323 e. The van der Waals surface area contributed by atoms with E-state index in [1.165, 1.54) is 0 Å². The zero-order valence-corrected chi connectivity index (χ0v) is 9.75. The van der Waals surface area contributed by atoms with E-state index in [4.69, 9.17) is 4.74 Å². The van der Waals surface area contributed by atoms with E-state index in [-0.39, 0.29) is 0 Å². The summed E-state index contributed by atoms with van der Waals surface area (Å²) in [6.45, 7) is 5.75. The van der Waals surface area contributed by atoms with Crippen LogP contribution in [0.5, 0.6) is 0 Å². The molecule has 0 aromatic rings. The monoisotopic (exact) mass is 212 g/mol. The van der Waals surface area contributed by atoms with Gasteiger partial charge in [0.1, 0.15) is 5.92 Å². The van der Waals surface area contributed by atoms with Crippen molar-refractivity contribution >= 4 is 5.97 Å². The molecule has 0 aliphatic carbocycles. The summed E-state index contributed by atoms with van der Waals surface area (Å²) in [6, 6.07) is 0. The highest BCUT2D eigenvalue weighted by molar-refractivity contribution is 5.76. The molecule has 0 amide bonds. The minimum Gasteiger partial charge on any atom is -0.465 e. The summed E-state index contributed by atoms with van der Waals surface area (Å²) in [4.78, 5) is 11.5. The third-order valence-corrected chi connectivity index (χ3v) is 2.08. The van der Waals surface area contributed by atoms with Gasteiger partial charge in [0, 0.05) is 0 Å². The van der Waals surface area contributed by atoms with Crippen molar-refractivity contribution in [3.63, 3.8) is 0 Å². The van der Waals surface area contributed by atoms with Gasteiger partial charge in [-0.25, -0.2) is 0 Å². The van der Waals surface area contributed by atoms with Gasteiger partial charge in [-0.2, -0.15) is 0 Å². The summed E-state index contributed by atoms with van der Waals surface area (Å²) in [5.74, 6) is 4.24. The van der Waals surface area contributed by atoms with Crippen molar-refractivity contribution in [2.24, 2.45) is 5.92 Å². The van der Waals surface area contributed by atoms with Gasteiger partial charge in [0.15, 0.2) is 0 Å². The van der Waals surface area contributed by atoms with E-state index in [1.807, 2.05) is 6.92 Å². The van der Waals surface area contributed by atoms with Crippen LogP contribution in [0.4, 0.5) is 0 Å². The van der Waals surface area contributed by atoms with Gasteiger partial charge in [-0.1, -0.05) is 25.7 Å². The van der Waals surface area contributed by atoms with Gasteiger partial charge in [0.2, 0.25) is 0 Å². The summed E-state index contributed by atoms with van der Waals surface area (Å²) in [6.07, 6.45) is 1.76. The highest BCUT2D eigenvalue weighted by Gasteiger charge is 2.25. The van der Waals surface area contributed by atoms with Gasteiger partial charge >= 0.3 is 5.97 Å². The Morgan fingerprint density at radius 2 is 2.13 bits per heavy atom. The van der Waals surface area contributed by atoms with Crippen LogP contribution in [0.2, 0.25) is 0 Å². The van der Waals surface area contributed by atoms with Crippen LogP contribution in [0.1, 0.15) is 40.0 Å². The molecule has 0 aliphatic rings. The third kappa shape index (κ3) is 5.44. The number of ether oxygens (including phenoxy) is 1. The molecule has 0 heterocycles. The molecule has 86 valence electrons. The molecule has 2 atom stereocenters. The largest absolute Gasteiger partial charge is 0.465 e. The first-order chi connectivity index (χ1) is 7.17. The van der Waals surface area contributed by atoms with Crippen LogP contribution < -0.4 is 0 Å². The van der Waals surface area contributed by atoms with Gasteiger partial charge in [-0.3, -0.25) is 4.79 Å². The molecule has 0 bridgehead atoms. The maximum absolute atomic E-state index is 11.5. The molecule has 0 radical (unpaired) electrons. The number of rotatable bonds is 6. The second-order valence-electron chi connectivity index (χ2n) is 3.33. The zero-order chi connectivity index (χ0) is 11.7. The molecule has 0 saturated heterocycles. The topological polar surface area (TPSA) is 46.5 Å². The van der Waals surface area contributed by atoms with Crippen molar-refractivity contribution in [3.05, 3.63) is 0 Å². The van der Waals surface area contributed by atoms with E-state index >= 15 is 0 Å². The fourth-order valence-corrected chi connectivity index (χ4v) is 1.28. The lowest BCUT2D eigenvalue weighted by Crippen LogP contribution is -2.28. The van der Waals surface area contributed by atoms with Crippen molar-refractivity contribution in [2.45, 2.75) is 46.1 Å². The van der Waals surface area contributed by atoms with Crippen molar-refractivity contribution < 1.29 is 14.6 Å². The molecule has 0 spiro atoms. The van der Waals surface area contributed by atoms with Crippen LogP contribution in [-0.2, 0) is 9.53 Å². The minimum absolute atomic E-state index is 0.321. The molecule has 15 heavy (non-hydrogen) atoms. The molecule has 2 unspecified atom stereocenters. The minimum atomic E-state index is -0.712. The smallest absolute Gasteiger partial charge is 0.323 e. The predicted molar refractivity (Wildman–Crippen MR) is 59.1 cm³/mol. The summed E-state index contributed by atoms with van der Waals surface area (Å²) < 4.78 is 4.86. The summed E-state index contributed by atoms with van der Waals surface area (Å²) in [7, 11) is 0. The summed E-state index contributed by atoms with van der Waals surface area (Å²) in [5.41, 5.74) is 0. The summed E-state index contributed by atoms with van der Waals surface area (Å²) in [5, 5.41) is 9.76. The van der Waals surface area contributed by atoms with E-state index in [0.717, 1.165) is 12.8 Å². The zero-order valence-electron chi connectivity index (χ0n) is 9.75. The number of carbonyl (C=O) groups is 1. The molecule has 1 N–H and O–H groups in total. The molecule has 0 rings (SSSR count). The fourth-order valence-electron chi connectivity index (χ4n) is 1.28. The van der Waals surface area contributed by atoms with Crippen molar-refractivity contribution in [1.29, 1.82) is 0 Å². The number of aliphatic hydroxyl groups is 1. The number of carbonyl (C=O) groups excluding carboxylic acids is 1. The SMILES string of the molecule is CC#CC(C(=O)OCC)C(O)CCCC. The number of unbranched alkanes of at least 4 members (excludes halogenated alkanes) is 1. The lowest BCUT2D eigenvalue weighted by atomic mass is 9.98. The normalized spacial score (nSPS) is 13.6. The molecule has 0 aromatic carbocycles. The average Bonchev–Trinajstić information content (AvgIpc) is 2.22. The van der Waals surface area contributed by atoms with Gasteiger partial charge in [-0.05, 0) is 20.3 Å². The Balaban J connectivity index is 4.34. The predicted octanol–water partition coefficient (Wildman–Crippen LogP) is 1.74. The Kier molecular flexibility index (Phi) is 7.75. The Morgan fingerprint density at radius 1 is 1.47 bits per heavy atom. The van der Waals surface area contributed by atoms with Crippen LogP contribution in [0.15, 0.2) is 0 Å². The van der Waals surface area contributed by atoms with Gasteiger partial charge in [0.25, 0.3) is 0 Å². The van der Waals surface area contributed by atoms with Crippen LogP contribution >= 0.6 is 0 Å². The Hall–Kier alpha value is -1.01. The summed E-state index contributed by atoms with van der Waals surface area (Å²) >= 11 is 0.